The monoisotopic (exact) mass is 387 g/mol. The molecule has 0 radical (unpaired) electrons. The highest BCUT2D eigenvalue weighted by atomic mass is 32.2. The molecule has 3 aromatic rings. The molecule has 1 atom stereocenters. The fourth-order valence-electron chi connectivity index (χ4n) is 2.65. The summed E-state index contributed by atoms with van der Waals surface area (Å²) >= 11 is 2.84. The Hall–Kier alpha value is -2.12. The number of para-hydroxylation sites is 1. The highest BCUT2D eigenvalue weighted by Gasteiger charge is 2.21. The predicted molar refractivity (Wildman–Crippen MR) is 109 cm³/mol. The third-order valence-corrected chi connectivity index (χ3v) is 6.45. The van der Waals surface area contributed by atoms with Crippen molar-refractivity contribution < 1.29 is 4.79 Å². The van der Waals surface area contributed by atoms with Crippen molar-refractivity contribution in [3.8, 4) is 0 Å². The lowest BCUT2D eigenvalue weighted by Crippen LogP contribution is -2.26. The third-order valence-electron chi connectivity index (χ3n) is 4.26. The first-order valence-electron chi connectivity index (χ1n) is 8.45. The van der Waals surface area contributed by atoms with Gasteiger partial charge in [0, 0.05) is 17.1 Å². The number of aromatic nitrogens is 2. The van der Waals surface area contributed by atoms with Crippen molar-refractivity contribution in [2.45, 2.75) is 44.6 Å². The molecule has 26 heavy (non-hydrogen) atoms. The van der Waals surface area contributed by atoms with Crippen LogP contribution in [0.1, 0.15) is 24.3 Å². The SMILES string of the molecule is CCn1c(SC(C)C(=O)Nc2ccccc2)nc2sc(C)c(C)c2c1=O. The third kappa shape index (κ3) is 3.54. The van der Waals surface area contributed by atoms with Crippen LogP contribution in [-0.2, 0) is 11.3 Å². The van der Waals surface area contributed by atoms with E-state index >= 15 is 0 Å². The van der Waals surface area contributed by atoms with Crippen LogP contribution in [0.3, 0.4) is 0 Å². The molecule has 3 rings (SSSR count). The van der Waals surface area contributed by atoms with Gasteiger partial charge in [-0.25, -0.2) is 4.98 Å². The number of rotatable bonds is 5. The predicted octanol–water partition coefficient (Wildman–Crippen LogP) is 4.21. The molecule has 0 saturated carbocycles. The van der Waals surface area contributed by atoms with Crippen molar-refractivity contribution in [3.05, 3.63) is 51.1 Å². The molecule has 0 aliphatic heterocycles. The van der Waals surface area contributed by atoms with E-state index in [9.17, 15) is 9.59 Å². The fourth-order valence-corrected chi connectivity index (χ4v) is 4.70. The maximum atomic E-state index is 12.9. The van der Waals surface area contributed by atoms with Gasteiger partial charge in [-0.15, -0.1) is 11.3 Å². The molecule has 136 valence electrons. The number of benzene rings is 1. The van der Waals surface area contributed by atoms with Crippen molar-refractivity contribution in [1.29, 1.82) is 0 Å². The quantitative estimate of drug-likeness (QED) is 0.526. The average Bonchev–Trinajstić information content (AvgIpc) is 2.90. The van der Waals surface area contributed by atoms with Gasteiger partial charge in [0.2, 0.25) is 5.91 Å². The number of thiophene rings is 1. The van der Waals surface area contributed by atoms with Crippen molar-refractivity contribution in [2.24, 2.45) is 0 Å². The van der Waals surface area contributed by atoms with E-state index in [0.717, 1.165) is 21.0 Å². The van der Waals surface area contributed by atoms with Gasteiger partial charge in [0.1, 0.15) is 4.83 Å². The summed E-state index contributed by atoms with van der Waals surface area (Å²) in [6.07, 6.45) is 0. The zero-order chi connectivity index (χ0) is 18.8. The number of nitrogens with one attached hydrogen (secondary N) is 1. The largest absolute Gasteiger partial charge is 0.325 e. The maximum absolute atomic E-state index is 12.9. The van der Waals surface area contributed by atoms with Crippen molar-refractivity contribution in [1.82, 2.24) is 9.55 Å². The van der Waals surface area contributed by atoms with Crippen molar-refractivity contribution >= 4 is 44.9 Å². The van der Waals surface area contributed by atoms with Gasteiger partial charge in [-0.05, 0) is 45.4 Å². The number of amides is 1. The Balaban J connectivity index is 1.90. The molecule has 2 heterocycles. The Morgan fingerprint density at radius 1 is 1.31 bits per heavy atom. The van der Waals surface area contributed by atoms with E-state index in [2.05, 4.69) is 10.3 Å². The number of nitrogens with zero attached hydrogens (tertiary/aromatic N) is 2. The van der Waals surface area contributed by atoms with E-state index in [-0.39, 0.29) is 16.7 Å². The van der Waals surface area contributed by atoms with E-state index in [1.165, 1.54) is 23.1 Å². The van der Waals surface area contributed by atoms with E-state index in [0.29, 0.717) is 17.1 Å². The van der Waals surface area contributed by atoms with Crippen molar-refractivity contribution in [3.63, 3.8) is 0 Å². The topological polar surface area (TPSA) is 64.0 Å². The van der Waals surface area contributed by atoms with Crippen LogP contribution < -0.4 is 10.9 Å². The summed E-state index contributed by atoms with van der Waals surface area (Å²) in [5.41, 5.74) is 1.72. The summed E-state index contributed by atoms with van der Waals surface area (Å²) in [6.45, 7) is 8.22. The lowest BCUT2D eigenvalue weighted by Gasteiger charge is -2.14. The van der Waals surface area contributed by atoms with Gasteiger partial charge >= 0.3 is 0 Å². The number of anilines is 1. The van der Waals surface area contributed by atoms with Crippen LogP contribution in [0.15, 0.2) is 40.3 Å². The van der Waals surface area contributed by atoms with Crippen LogP contribution >= 0.6 is 23.1 Å². The molecule has 0 fully saturated rings. The molecule has 0 aliphatic carbocycles. The smallest absolute Gasteiger partial charge is 0.263 e. The molecule has 7 heteroatoms. The van der Waals surface area contributed by atoms with Crippen LogP contribution in [0.2, 0.25) is 0 Å². The minimum Gasteiger partial charge on any atom is -0.325 e. The van der Waals surface area contributed by atoms with Crippen LogP contribution in [0.5, 0.6) is 0 Å². The molecule has 1 amide bonds. The van der Waals surface area contributed by atoms with Crippen LogP contribution in [-0.4, -0.2) is 20.7 Å². The van der Waals surface area contributed by atoms with Crippen LogP contribution in [0.4, 0.5) is 5.69 Å². The van der Waals surface area contributed by atoms with Gasteiger partial charge in [-0.2, -0.15) is 0 Å². The van der Waals surface area contributed by atoms with Gasteiger partial charge in [-0.1, -0.05) is 30.0 Å². The summed E-state index contributed by atoms with van der Waals surface area (Å²) in [5.74, 6) is -0.114. The van der Waals surface area contributed by atoms with Gasteiger partial charge < -0.3 is 5.32 Å². The number of fused-ring (bicyclic) bond motifs is 1. The number of thioether (sulfide) groups is 1. The van der Waals surface area contributed by atoms with Gasteiger partial charge in [0.05, 0.1) is 10.6 Å². The molecule has 1 aromatic carbocycles. The second kappa shape index (κ2) is 7.63. The number of hydrogen-bond donors (Lipinski definition) is 1. The normalized spacial score (nSPS) is 12.3. The summed E-state index contributed by atoms with van der Waals surface area (Å²) in [6, 6.07) is 9.34. The molecule has 0 aliphatic rings. The Kier molecular flexibility index (Phi) is 5.48. The van der Waals surface area contributed by atoms with Gasteiger partial charge in [0.15, 0.2) is 5.16 Å². The molecule has 0 bridgehead atoms. The van der Waals surface area contributed by atoms with E-state index in [1.54, 1.807) is 4.57 Å². The summed E-state index contributed by atoms with van der Waals surface area (Å²) in [5, 5.41) is 3.80. The first-order valence-corrected chi connectivity index (χ1v) is 10.1. The first kappa shape index (κ1) is 18.7. The average molecular weight is 388 g/mol. The molecule has 1 unspecified atom stereocenters. The minimum atomic E-state index is -0.375. The number of hydrogen-bond acceptors (Lipinski definition) is 5. The highest BCUT2D eigenvalue weighted by molar-refractivity contribution is 8.00. The molecule has 0 saturated heterocycles. The Labute approximate surface area is 160 Å². The number of carbonyl (C=O) groups is 1. The van der Waals surface area contributed by atoms with Crippen LogP contribution in [0.25, 0.3) is 10.2 Å². The molecular weight excluding hydrogens is 366 g/mol. The van der Waals surface area contributed by atoms with Crippen molar-refractivity contribution in [2.75, 3.05) is 5.32 Å². The zero-order valence-corrected chi connectivity index (χ0v) is 16.8. The second-order valence-corrected chi connectivity index (χ2v) is 8.53. The Morgan fingerprint density at radius 2 is 2.00 bits per heavy atom. The molecule has 2 aromatic heterocycles. The maximum Gasteiger partial charge on any atom is 0.263 e. The zero-order valence-electron chi connectivity index (χ0n) is 15.2. The van der Waals surface area contributed by atoms with Gasteiger partial charge in [-0.3, -0.25) is 14.2 Å². The molecule has 5 nitrogen and oxygen atoms in total. The molecular formula is C19H21N3O2S2. The summed E-state index contributed by atoms with van der Waals surface area (Å²) in [4.78, 5) is 31.9. The molecule has 1 N–H and O–H groups in total. The minimum absolute atomic E-state index is 0.0301. The standard InChI is InChI=1S/C19H21N3O2S2/c1-5-22-18(24)15-11(2)12(3)25-17(15)21-19(22)26-13(4)16(23)20-14-9-7-6-8-10-14/h6-10,13H,5H2,1-4H3,(H,20,23). The lowest BCUT2D eigenvalue weighted by atomic mass is 10.2. The first-order chi connectivity index (χ1) is 12.4. The Bertz CT molecular complexity index is 1010. The number of carbonyl (C=O) groups excluding carboxylic acids is 1. The second-order valence-electron chi connectivity index (χ2n) is 6.02. The van der Waals surface area contributed by atoms with E-state index in [1.807, 2.05) is 58.0 Å². The molecule has 0 spiro atoms. The summed E-state index contributed by atoms with van der Waals surface area (Å²) in [7, 11) is 0. The van der Waals surface area contributed by atoms with E-state index in [4.69, 9.17) is 0 Å². The van der Waals surface area contributed by atoms with E-state index < -0.39 is 0 Å². The lowest BCUT2D eigenvalue weighted by molar-refractivity contribution is -0.115. The van der Waals surface area contributed by atoms with Crippen LogP contribution in [0, 0.1) is 13.8 Å². The number of aryl methyl sites for hydroxylation is 2. The fraction of sp³-hybridized carbons (Fsp3) is 0.316. The highest BCUT2D eigenvalue weighted by Crippen LogP contribution is 2.29. The summed E-state index contributed by atoms with van der Waals surface area (Å²) < 4.78 is 1.65. The van der Waals surface area contributed by atoms with Gasteiger partial charge in [0.25, 0.3) is 5.56 Å². The Morgan fingerprint density at radius 3 is 2.65 bits per heavy atom.